The molecule has 0 radical (unpaired) electrons. The fourth-order valence-corrected chi connectivity index (χ4v) is 2.90. The van der Waals surface area contributed by atoms with Gasteiger partial charge in [-0.15, -0.1) is 11.3 Å². The molecule has 2 amide bonds. The lowest BCUT2D eigenvalue weighted by Gasteiger charge is -2.10. The van der Waals surface area contributed by atoms with Crippen molar-refractivity contribution in [3.8, 4) is 11.5 Å². The van der Waals surface area contributed by atoms with Crippen molar-refractivity contribution in [2.75, 3.05) is 27.3 Å². The van der Waals surface area contributed by atoms with E-state index in [1.807, 2.05) is 29.6 Å². The maximum absolute atomic E-state index is 11.8. The van der Waals surface area contributed by atoms with Gasteiger partial charge in [-0.25, -0.2) is 0 Å². The molecule has 2 aromatic rings. The number of benzene rings is 1. The zero-order valence-electron chi connectivity index (χ0n) is 14.3. The molecule has 0 spiro atoms. The van der Waals surface area contributed by atoms with Crippen molar-refractivity contribution >= 4 is 23.2 Å². The molecule has 0 fully saturated rings. The lowest BCUT2D eigenvalue weighted by Crippen LogP contribution is -2.31. The Labute approximate surface area is 151 Å². The van der Waals surface area contributed by atoms with Gasteiger partial charge in [0.05, 0.1) is 19.1 Å². The van der Waals surface area contributed by atoms with Crippen LogP contribution >= 0.6 is 11.3 Å². The smallest absolute Gasteiger partial charge is 0.261 e. The summed E-state index contributed by atoms with van der Waals surface area (Å²) >= 11 is 1.38. The van der Waals surface area contributed by atoms with Crippen molar-refractivity contribution in [3.05, 3.63) is 46.2 Å². The van der Waals surface area contributed by atoms with Gasteiger partial charge in [-0.3, -0.25) is 9.59 Å². The first-order valence-electron chi connectivity index (χ1n) is 7.93. The summed E-state index contributed by atoms with van der Waals surface area (Å²) in [5.41, 5.74) is 1.05. The van der Waals surface area contributed by atoms with E-state index in [1.165, 1.54) is 11.3 Å². The Morgan fingerprint density at radius 3 is 2.52 bits per heavy atom. The van der Waals surface area contributed by atoms with E-state index < -0.39 is 0 Å². The van der Waals surface area contributed by atoms with Gasteiger partial charge in [0.2, 0.25) is 5.91 Å². The molecule has 1 heterocycles. The molecule has 7 heteroatoms. The summed E-state index contributed by atoms with van der Waals surface area (Å²) in [5, 5.41) is 7.42. The number of carbonyl (C=O) groups is 2. The Bertz CT molecular complexity index is 701. The van der Waals surface area contributed by atoms with Crippen LogP contribution in [0.5, 0.6) is 11.5 Å². The quantitative estimate of drug-likeness (QED) is 0.717. The van der Waals surface area contributed by atoms with Crippen molar-refractivity contribution in [3.63, 3.8) is 0 Å². The first-order chi connectivity index (χ1) is 12.1. The number of amides is 2. The third-order valence-electron chi connectivity index (χ3n) is 3.57. The Morgan fingerprint density at radius 2 is 1.84 bits per heavy atom. The number of carbonyl (C=O) groups excluding carboxylic acids is 2. The summed E-state index contributed by atoms with van der Waals surface area (Å²) in [7, 11) is 3.18. The van der Waals surface area contributed by atoms with E-state index in [0.717, 1.165) is 5.56 Å². The molecule has 1 aromatic carbocycles. The van der Waals surface area contributed by atoms with Gasteiger partial charge >= 0.3 is 0 Å². The van der Waals surface area contributed by atoms with Crippen molar-refractivity contribution in [2.24, 2.45) is 0 Å². The Hall–Kier alpha value is -2.54. The predicted molar refractivity (Wildman–Crippen MR) is 97.5 cm³/mol. The van der Waals surface area contributed by atoms with Crippen LogP contribution < -0.4 is 20.1 Å². The highest BCUT2D eigenvalue weighted by atomic mass is 32.1. The second-order valence-electron chi connectivity index (χ2n) is 5.27. The van der Waals surface area contributed by atoms with E-state index in [4.69, 9.17) is 9.47 Å². The zero-order chi connectivity index (χ0) is 18.1. The third kappa shape index (κ3) is 5.79. The minimum Gasteiger partial charge on any atom is -0.493 e. The van der Waals surface area contributed by atoms with Gasteiger partial charge in [0, 0.05) is 19.5 Å². The summed E-state index contributed by atoms with van der Waals surface area (Å²) in [6.45, 7) is 0.839. The predicted octanol–water partition coefficient (Wildman–Crippen LogP) is 2.24. The molecular weight excluding hydrogens is 340 g/mol. The maximum atomic E-state index is 11.8. The van der Waals surface area contributed by atoms with Gasteiger partial charge in [0.25, 0.3) is 5.91 Å². The van der Waals surface area contributed by atoms with Crippen LogP contribution in [-0.2, 0) is 11.2 Å². The Balaban J connectivity index is 1.67. The fourth-order valence-electron chi connectivity index (χ4n) is 2.26. The first kappa shape index (κ1) is 18.8. The van der Waals surface area contributed by atoms with Crippen LogP contribution in [-0.4, -0.2) is 39.1 Å². The largest absolute Gasteiger partial charge is 0.493 e. The number of hydrogen-bond acceptors (Lipinski definition) is 5. The topological polar surface area (TPSA) is 76.7 Å². The van der Waals surface area contributed by atoms with Crippen LogP contribution in [0.1, 0.15) is 21.7 Å². The number of thiophene rings is 1. The highest BCUT2D eigenvalue weighted by Crippen LogP contribution is 2.27. The Morgan fingerprint density at radius 1 is 1.04 bits per heavy atom. The molecule has 134 valence electrons. The van der Waals surface area contributed by atoms with Gasteiger partial charge < -0.3 is 20.1 Å². The molecule has 0 unspecified atom stereocenters. The molecule has 0 saturated carbocycles. The van der Waals surface area contributed by atoms with Crippen molar-refractivity contribution < 1.29 is 19.1 Å². The number of methoxy groups -OCH3 is 2. The van der Waals surface area contributed by atoms with Crippen LogP contribution in [0.3, 0.4) is 0 Å². The molecule has 6 nitrogen and oxygen atoms in total. The van der Waals surface area contributed by atoms with Gasteiger partial charge in [-0.1, -0.05) is 12.1 Å². The van der Waals surface area contributed by atoms with Gasteiger partial charge in [0.15, 0.2) is 11.5 Å². The molecule has 25 heavy (non-hydrogen) atoms. The number of ether oxygens (including phenoxy) is 2. The van der Waals surface area contributed by atoms with E-state index in [9.17, 15) is 9.59 Å². The van der Waals surface area contributed by atoms with Gasteiger partial charge in [0.1, 0.15) is 0 Å². The summed E-state index contributed by atoms with van der Waals surface area (Å²) < 4.78 is 10.5. The summed E-state index contributed by atoms with van der Waals surface area (Å²) in [6.07, 6.45) is 0.941. The van der Waals surface area contributed by atoms with E-state index >= 15 is 0 Å². The minimum absolute atomic E-state index is 0.0908. The molecular formula is C18H22N2O4S. The molecule has 0 saturated heterocycles. The van der Waals surface area contributed by atoms with Gasteiger partial charge in [-0.2, -0.15) is 0 Å². The molecule has 1 aromatic heterocycles. The van der Waals surface area contributed by atoms with Crippen molar-refractivity contribution in [1.82, 2.24) is 10.6 Å². The molecule has 0 atom stereocenters. The van der Waals surface area contributed by atoms with Gasteiger partial charge in [-0.05, 0) is 35.6 Å². The lowest BCUT2D eigenvalue weighted by atomic mass is 10.1. The molecule has 0 aliphatic heterocycles. The molecule has 0 bridgehead atoms. The SMILES string of the molecule is COc1ccc(CCNC(=O)CCNC(=O)c2cccs2)cc1OC. The van der Waals surface area contributed by atoms with E-state index in [2.05, 4.69) is 10.6 Å². The van der Waals surface area contributed by atoms with Crippen LogP contribution in [0.25, 0.3) is 0 Å². The number of hydrogen-bond donors (Lipinski definition) is 2. The van der Waals surface area contributed by atoms with Crippen molar-refractivity contribution in [2.45, 2.75) is 12.8 Å². The highest BCUT2D eigenvalue weighted by Gasteiger charge is 2.08. The van der Waals surface area contributed by atoms with Crippen LogP contribution in [0.2, 0.25) is 0 Å². The first-order valence-corrected chi connectivity index (χ1v) is 8.81. The third-order valence-corrected chi connectivity index (χ3v) is 4.44. The summed E-state index contributed by atoms with van der Waals surface area (Å²) in [4.78, 5) is 24.2. The normalized spacial score (nSPS) is 10.2. The highest BCUT2D eigenvalue weighted by molar-refractivity contribution is 7.12. The monoisotopic (exact) mass is 362 g/mol. The van der Waals surface area contributed by atoms with Crippen LogP contribution in [0.15, 0.2) is 35.7 Å². The lowest BCUT2D eigenvalue weighted by molar-refractivity contribution is -0.120. The fraction of sp³-hybridized carbons (Fsp3) is 0.333. The van der Waals surface area contributed by atoms with Crippen LogP contribution in [0.4, 0.5) is 0 Å². The standard InChI is InChI=1S/C18H22N2O4S/c1-23-14-6-5-13(12-15(14)24-2)7-9-19-17(21)8-10-20-18(22)16-4-3-11-25-16/h3-6,11-12H,7-10H2,1-2H3,(H,19,21)(H,20,22). The molecule has 0 aliphatic carbocycles. The molecule has 2 rings (SSSR count). The average molecular weight is 362 g/mol. The Kier molecular flexibility index (Phi) is 7.28. The summed E-state index contributed by atoms with van der Waals surface area (Å²) in [5.74, 6) is 1.11. The molecule has 2 N–H and O–H groups in total. The van der Waals surface area contributed by atoms with E-state index in [1.54, 1.807) is 20.3 Å². The zero-order valence-corrected chi connectivity index (χ0v) is 15.2. The second kappa shape index (κ2) is 9.68. The maximum Gasteiger partial charge on any atom is 0.261 e. The number of rotatable bonds is 9. The molecule has 0 aliphatic rings. The van der Waals surface area contributed by atoms with Crippen LogP contribution in [0, 0.1) is 0 Å². The van der Waals surface area contributed by atoms with E-state index in [-0.39, 0.29) is 18.2 Å². The number of nitrogens with one attached hydrogen (secondary N) is 2. The van der Waals surface area contributed by atoms with E-state index in [0.29, 0.717) is 35.9 Å². The second-order valence-corrected chi connectivity index (χ2v) is 6.22. The average Bonchev–Trinajstić information content (AvgIpc) is 3.16. The minimum atomic E-state index is -0.145. The van der Waals surface area contributed by atoms with Crippen molar-refractivity contribution in [1.29, 1.82) is 0 Å². The summed E-state index contributed by atoms with van der Waals surface area (Å²) in [6, 6.07) is 9.25.